The van der Waals surface area contributed by atoms with Gasteiger partial charge >= 0.3 is 5.91 Å². The highest BCUT2D eigenvalue weighted by atomic mass is 16.5. The molecule has 7 heteroatoms. The second kappa shape index (κ2) is 7.51. The van der Waals surface area contributed by atoms with Gasteiger partial charge in [0.25, 0.3) is 5.78 Å². The van der Waals surface area contributed by atoms with Crippen molar-refractivity contribution in [1.29, 1.82) is 0 Å². The summed E-state index contributed by atoms with van der Waals surface area (Å²) in [7, 11) is 1.51. The van der Waals surface area contributed by atoms with Gasteiger partial charge in [-0.05, 0) is 19.9 Å². The first-order chi connectivity index (χ1) is 14.4. The standard InChI is InChI=1S/C23H20N2O5/c1-13-8-10-15(11-9-13)21(26)19-20(16-6-4-5-7-17(16)29-3)25(23(28)22(19)27)18-12-14(2)30-24-18/h4-12,20,26H,1-3H3/t20-/m0/s1. The Morgan fingerprint density at radius 1 is 1.10 bits per heavy atom. The van der Waals surface area contributed by atoms with Crippen molar-refractivity contribution < 1.29 is 24.0 Å². The Morgan fingerprint density at radius 3 is 2.43 bits per heavy atom. The van der Waals surface area contributed by atoms with Crippen molar-refractivity contribution in [3.05, 3.63) is 82.6 Å². The summed E-state index contributed by atoms with van der Waals surface area (Å²) < 4.78 is 10.6. The van der Waals surface area contributed by atoms with Crippen molar-refractivity contribution in [3.63, 3.8) is 0 Å². The van der Waals surface area contributed by atoms with E-state index in [1.54, 1.807) is 49.4 Å². The fraction of sp³-hybridized carbons (Fsp3) is 0.174. The van der Waals surface area contributed by atoms with E-state index < -0.39 is 17.7 Å². The number of aryl methyl sites for hydroxylation is 2. The summed E-state index contributed by atoms with van der Waals surface area (Å²) in [5.74, 6) is -0.702. The second-order valence-electron chi connectivity index (χ2n) is 7.07. The van der Waals surface area contributed by atoms with E-state index in [0.717, 1.165) is 5.56 Å². The molecule has 30 heavy (non-hydrogen) atoms. The Kier molecular flexibility index (Phi) is 4.87. The van der Waals surface area contributed by atoms with Crippen LogP contribution in [0.15, 0.2) is 64.7 Å². The first-order valence-electron chi connectivity index (χ1n) is 9.36. The molecule has 3 aromatic rings. The number of Topliss-reactive ketones (excluding diaryl/α,β-unsaturated/α-hetero) is 1. The molecule has 0 spiro atoms. The van der Waals surface area contributed by atoms with Crippen LogP contribution in [-0.4, -0.2) is 29.1 Å². The van der Waals surface area contributed by atoms with E-state index in [9.17, 15) is 14.7 Å². The molecule has 0 radical (unpaired) electrons. The number of hydrogen-bond donors (Lipinski definition) is 1. The monoisotopic (exact) mass is 404 g/mol. The highest BCUT2D eigenvalue weighted by molar-refractivity contribution is 6.51. The Hall–Kier alpha value is -3.87. The van der Waals surface area contributed by atoms with Gasteiger partial charge in [-0.15, -0.1) is 0 Å². The molecule has 0 bridgehead atoms. The highest BCUT2D eigenvalue weighted by Crippen LogP contribution is 2.44. The van der Waals surface area contributed by atoms with E-state index >= 15 is 0 Å². The van der Waals surface area contributed by atoms with Gasteiger partial charge in [-0.1, -0.05) is 53.2 Å². The van der Waals surface area contributed by atoms with E-state index in [0.29, 0.717) is 22.6 Å². The number of aromatic nitrogens is 1. The minimum atomic E-state index is -0.924. The molecule has 1 aliphatic heterocycles. The quantitative estimate of drug-likeness (QED) is 0.402. The number of ketones is 1. The number of carbonyl (C=O) groups excluding carboxylic acids is 2. The molecular formula is C23H20N2O5. The molecule has 4 rings (SSSR count). The van der Waals surface area contributed by atoms with Crippen molar-refractivity contribution in [2.45, 2.75) is 19.9 Å². The fourth-order valence-electron chi connectivity index (χ4n) is 3.59. The molecule has 1 amide bonds. The summed E-state index contributed by atoms with van der Waals surface area (Å²) in [6.45, 7) is 3.61. The molecule has 152 valence electrons. The summed E-state index contributed by atoms with van der Waals surface area (Å²) in [4.78, 5) is 27.3. The zero-order valence-corrected chi connectivity index (χ0v) is 16.7. The Morgan fingerprint density at radius 2 is 1.80 bits per heavy atom. The molecule has 0 aliphatic carbocycles. The molecule has 2 heterocycles. The second-order valence-corrected chi connectivity index (χ2v) is 7.07. The number of aliphatic hydroxyl groups is 1. The highest BCUT2D eigenvalue weighted by Gasteiger charge is 2.49. The molecule has 1 N–H and O–H groups in total. The van der Waals surface area contributed by atoms with Crippen molar-refractivity contribution in [3.8, 4) is 5.75 Å². The third-order valence-corrected chi connectivity index (χ3v) is 5.07. The summed E-state index contributed by atoms with van der Waals surface area (Å²) in [6, 6.07) is 14.7. The van der Waals surface area contributed by atoms with E-state index in [4.69, 9.17) is 9.26 Å². The van der Waals surface area contributed by atoms with Crippen LogP contribution in [0.25, 0.3) is 5.76 Å². The maximum atomic E-state index is 13.1. The van der Waals surface area contributed by atoms with Gasteiger partial charge in [0.1, 0.15) is 23.3 Å². The predicted octanol–water partition coefficient (Wildman–Crippen LogP) is 3.93. The number of rotatable bonds is 4. The Labute approximate surface area is 173 Å². The van der Waals surface area contributed by atoms with Gasteiger partial charge in [0.15, 0.2) is 5.82 Å². The summed E-state index contributed by atoms with van der Waals surface area (Å²) >= 11 is 0. The van der Waals surface area contributed by atoms with Crippen molar-refractivity contribution in [1.82, 2.24) is 5.16 Å². The van der Waals surface area contributed by atoms with Crippen LogP contribution >= 0.6 is 0 Å². The van der Waals surface area contributed by atoms with Crippen LogP contribution in [0.1, 0.15) is 28.5 Å². The maximum absolute atomic E-state index is 13.1. The number of ether oxygens (including phenoxy) is 1. The van der Waals surface area contributed by atoms with Crippen molar-refractivity contribution in [2.75, 3.05) is 12.0 Å². The molecule has 1 atom stereocenters. The van der Waals surface area contributed by atoms with Crippen LogP contribution in [-0.2, 0) is 9.59 Å². The number of nitrogens with zero attached hydrogens (tertiary/aromatic N) is 2. The molecule has 2 aromatic carbocycles. The number of aliphatic hydroxyl groups excluding tert-OH is 1. The first-order valence-corrected chi connectivity index (χ1v) is 9.36. The minimum absolute atomic E-state index is 0.0333. The van der Waals surface area contributed by atoms with Gasteiger partial charge < -0.3 is 14.4 Å². The lowest BCUT2D eigenvalue weighted by Gasteiger charge is -2.24. The molecule has 1 aliphatic rings. The lowest BCUT2D eigenvalue weighted by atomic mass is 9.94. The third kappa shape index (κ3) is 3.14. The number of anilines is 1. The number of methoxy groups -OCH3 is 1. The predicted molar refractivity (Wildman–Crippen MR) is 110 cm³/mol. The number of para-hydroxylation sites is 1. The number of carbonyl (C=O) groups is 2. The molecule has 1 saturated heterocycles. The first kappa shape index (κ1) is 19.4. The molecule has 0 unspecified atom stereocenters. The zero-order valence-electron chi connectivity index (χ0n) is 16.7. The fourth-order valence-corrected chi connectivity index (χ4v) is 3.59. The SMILES string of the molecule is COc1ccccc1[C@H]1C(=C(O)c2ccc(C)cc2)C(=O)C(=O)N1c1cc(C)on1. The van der Waals surface area contributed by atoms with Gasteiger partial charge in [0.2, 0.25) is 0 Å². The van der Waals surface area contributed by atoms with E-state index in [-0.39, 0.29) is 17.2 Å². The van der Waals surface area contributed by atoms with Crippen LogP contribution in [0.2, 0.25) is 0 Å². The van der Waals surface area contributed by atoms with Crippen molar-refractivity contribution in [2.24, 2.45) is 0 Å². The largest absolute Gasteiger partial charge is 0.507 e. The zero-order chi connectivity index (χ0) is 21.4. The minimum Gasteiger partial charge on any atom is -0.507 e. The summed E-state index contributed by atoms with van der Waals surface area (Å²) in [6.07, 6.45) is 0. The number of benzene rings is 2. The number of amides is 1. The van der Waals surface area contributed by atoms with E-state index in [1.165, 1.54) is 12.0 Å². The summed E-state index contributed by atoms with van der Waals surface area (Å²) in [5, 5.41) is 15.0. The van der Waals surface area contributed by atoms with Gasteiger partial charge in [-0.2, -0.15) is 0 Å². The average molecular weight is 404 g/mol. The van der Waals surface area contributed by atoms with Gasteiger partial charge in [-0.3, -0.25) is 14.5 Å². The van der Waals surface area contributed by atoms with Crippen LogP contribution in [0.5, 0.6) is 5.75 Å². The molecule has 7 nitrogen and oxygen atoms in total. The normalized spacial score (nSPS) is 18.1. The van der Waals surface area contributed by atoms with Gasteiger partial charge in [-0.25, -0.2) is 0 Å². The average Bonchev–Trinajstić information content (AvgIpc) is 3.29. The van der Waals surface area contributed by atoms with Crippen molar-refractivity contribution >= 4 is 23.3 Å². The summed E-state index contributed by atoms with van der Waals surface area (Å²) in [5.41, 5.74) is 1.96. The molecular weight excluding hydrogens is 384 g/mol. The topological polar surface area (TPSA) is 92.9 Å². The number of hydrogen-bond acceptors (Lipinski definition) is 6. The molecule has 1 fully saturated rings. The van der Waals surface area contributed by atoms with Crippen LogP contribution < -0.4 is 9.64 Å². The smallest absolute Gasteiger partial charge is 0.301 e. The Balaban J connectivity index is 1.98. The maximum Gasteiger partial charge on any atom is 0.301 e. The molecule has 1 aromatic heterocycles. The Bertz CT molecular complexity index is 1160. The third-order valence-electron chi connectivity index (χ3n) is 5.07. The lowest BCUT2D eigenvalue weighted by molar-refractivity contribution is -0.132. The van der Waals surface area contributed by atoms with Crippen LogP contribution in [0, 0.1) is 13.8 Å². The van der Waals surface area contributed by atoms with E-state index in [1.807, 2.05) is 19.1 Å². The molecule has 0 saturated carbocycles. The van der Waals surface area contributed by atoms with E-state index in [2.05, 4.69) is 5.16 Å². The van der Waals surface area contributed by atoms with Crippen LogP contribution in [0.3, 0.4) is 0 Å². The van der Waals surface area contributed by atoms with Gasteiger partial charge in [0, 0.05) is 17.2 Å². The van der Waals surface area contributed by atoms with Crippen LogP contribution in [0.4, 0.5) is 5.82 Å². The lowest BCUT2D eigenvalue weighted by Crippen LogP contribution is -2.29. The van der Waals surface area contributed by atoms with Gasteiger partial charge in [0.05, 0.1) is 12.7 Å².